The van der Waals surface area contributed by atoms with Crippen molar-refractivity contribution < 1.29 is 39.3 Å². The minimum absolute atomic E-state index is 0.0103. The number of imidazole rings is 1. The van der Waals surface area contributed by atoms with Crippen LogP contribution in [-0.2, 0) is 36.8 Å². The number of carboxylic acids is 2. The van der Waals surface area contributed by atoms with E-state index in [9.17, 15) is 39.3 Å². The number of nitrogens with two attached hydrogens (primary N) is 1. The second-order valence-electron chi connectivity index (χ2n) is 9.18. The van der Waals surface area contributed by atoms with Gasteiger partial charge in [0.1, 0.15) is 23.9 Å². The summed E-state index contributed by atoms with van der Waals surface area (Å²) < 4.78 is 0. The highest BCUT2D eigenvalue weighted by molar-refractivity contribution is 5.95. The molecule has 1 aromatic heterocycles. The number of H-pyrrole nitrogens is 1. The minimum atomic E-state index is -1.65. The number of amides is 3. The van der Waals surface area contributed by atoms with Crippen molar-refractivity contribution in [2.24, 2.45) is 11.7 Å². The number of hydrogen-bond acceptors (Lipinski definition) is 8. The van der Waals surface area contributed by atoms with E-state index in [-0.39, 0.29) is 24.5 Å². The first-order valence-corrected chi connectivity index (χ1v) is 12.3. The molecular formula is C25H34N6O8. The van der Waals surface area contributed by atoms with Gasteiger partial charge in [-0.2, -0.15) is 0 Å². The molecule has 0 saturated heterocycles. The number of aromatic amines is 1. The first kappa shape index (κ1) is 30.8. The Balaban J connectivity index is 2.24. The molecule has 2 aromatic rings. The molecule has 0 aliphatic rings. The van der Waals surface area contributed by atoms with E-state index in [1.54, 1.807) is 6.92 Å². The van der Waals surface area contributed by atoms with Crippen molar-refractivity contribution in [1.82, 2.24) is 25.9 Å². The number of benzene rings is 1. The van der Waals surface area contributed by atoms with Gasteiger partial charge in [0, 0.05) is 24.7 Å². The SMILES string of the molecule is CCC(C)C(N)C(=O)NC(Cc1ccc(O)cc1)C(=O)NC(CC(=O)O)C(=O)NC(Cc1cnc[nH]1)C(=O)O. The molecule has 0 aliphatic heterocycles. The van der Waals surface area contributed by atoms with Crippen LogP contribution in [0.3, 0.4) is 0 Å². The number of carbonyl (C=O) groups is 5. The lowest BCUT2D eigenvalue weighted by Crippen LogP contribution is -2.58. The zero-order valence-electron chi connectivity index (χ0n) is 21.6. The first-order chi connectivity index (χ1) is 18.4. The molecule has 0 fully saturated rings. The van der Waals surface area contributed by atoms with Crippen molar-refractivity contribution in [3.05, 3.63) is 48.0 Å². The van der Waals surface area contributed by atoms with Crippen LogP contribution >= 0.6 is 0 Å². The van der Waals surface area contributed by atoms with Crippen LogP contribution in [0.25, 0.3) is 0 Å². The van der Waals surface area contributed by atoms with E-state index in [2.05, 4.69) is 25.9 Å². The number of hydrogen-bond donors (Lipinski definition) is 8. The Morgan fingerprint density at radius 3 is 2.05 bits per heavy atom. The third kappa shape index (κ3) is 9.74. The molecule has 0 bridgehead atoms. The lowest BCUT2D eigenvalue weighted by Gasteiger charge is -2.25. The van der Waals surface area contributed by atoms with E-state index in [0.717, 1.165) is 0 Å². The molecule has 5 unspecified atom stereocenters. The molecule has 212 valence electrons. The van der Waals surface area contributed by atoms with E-state index in [4.69, 9.17) is 5.73 Å². The van der Waals surface area contributed by atoms with Gasteiger partial charge in [0.2, 0.25) is 17.7 Å². The second-order valence-corrected chi connectivity index (χ2v) is 9.18. The van der Waals surface area contributed by atoms with Gasteiger partial charge in [-0.3, -0.25) is 19.2 Å². The molecule has 0 radical (unpaired) electrons. The van der Waals surface area contributed by atoms with E-state index < -0.39 is 60.2 Å². The largest absolute Gasteiger partial charge is 0.508 e. The van der Waals surface area contributed by atoms with Gasteiger partial charge in [-0.1, -0.05) is 32.4 Å². The number of aromatic nitrogens is 2. The number of rotatable bonds is 15. The Morgan fingerprint density at radius 2 is 1.51 bits per heavy atom. The van der Waals surface area contributed by atoms with Crippen molar-refractivity contribution in [3.63, 3.8) is 0 Å². The maximum absolute atomic E-state index is 13.3. The van der Waals surface area contributed by atoms with Gasteiger partial charge in [-0.15, -0.1) is 0 Å². The zero-order valence-corrected chi connectivity index (χ0v) is 21.6. The Labute approximate surface area is 224 Å². The van der Waals surface area contributed by atoms with Gasteiger partial charge < -0.3 is 42.0 Å². The molecule has 3 amide bonds. The minimum Gasteiger partial charge on any atom is -0.508 e. The Morgan fingerprint density at radius 1 is 0.923 bits per heavy atom. The van der Waals surface area contributed by atoms with Gasteiger partial charge >= 0.3 is 11.9 Å². The van der Waals surface area contributed by atoms with Gasteiger partial charge in [0.05, 0.1) is 18.8 Å². The van der Waals surface area contributed by atoms with Crippen LogP contribution < -0.4 is 21.7 Å². The summed E-state index contributed by atoms with van der Waals surface area (Å²) in [5.74, 6) is -5.55. The molecule has 14 heteroatoms. The van der Waals surface area contributed by atoms with Crippen LogP contribution in [-0.4, -0.2) is 79.1 Å². The zero-order chi connectivity index (χ0) is 29.1. The molecule has 0 aliphatic carbocycles. The molecule has 5 atom stereocenters. The van der Waals surface area contributed by atoms with Crippen molar-refractivity contribution in [1.29, 1.82) is 0 Å². The molecule has 39 heavy (non-hydrogen) atoms. The lowest BCUT2D eigenvalue weighted by atomic mass is 9.98. The average Bonchev–Trinajstić information content (AvgIpc) is 3.40. The third-order valence-electron chi connectivity index (χ3n) is 6.17. The van der Waals surface area contributed by atoms with Crippen LogP contribution in [0.2, 0.25) is 0 Å². The summed E-state index contributed by atoms with van der Waals surface area (Å²) in [4.78, 5) is 68.6. The summed E-state index contributed by atoms with van der Waals surface area (Å²) in [6.07, 6.45) is 2.23. The Kier molecular flexibility index (Phi) is 11.4. The number of nitrogens with one attached hydrogen (secondary N) is 4. The van der Waals surface area contributed by atoms with Crippen LogP contribution in [0.15, 0.2) is 36.8 Å². The maximum Gasteiger partial charge on any atom is 0.326 e. The summed E-state index contributed by atoms with van der Waals surface area (Å²) in [5.41, 5.74) is 6.97. The summed E-state index contributed by atoms with van der Waals surface area (Å²) in [7, 11) is 0. The standard InChI is InChI=1S/C25H34N6O8/c1-3-13(2)21(26)24(37)30-17(8-14-4-6-16(32)7-5-14)22(35)29-18(10-20(33)34)23(36)31-19(25(38)39)9-15-11-27-12-28-15/h4-7,11-13,17-19,21,32H,3,8-10,26H2,1-2H3,(H,27,28)(H,29,35)(H,30,37)(H,31,36)(H,33,34)(H,38,39). The van der Waals surface area contributed by atoms with E-state index in [1.807, 2.05) is 6.92 Å². The van der Waals surface area contributed by atoms with E-state index >= 15 is 0 Å². The average molecular weight is 547 g/mol. The molecule has 2 rings (SSSR count). The van der Waals surface area contributed by atoms with Crippen molar-refractivity contribution in [2.45, 2.75) is 63.7 Å². The van der Waals surface area contributed by atoms with Gasteiger partial charge in [0.15, 0.2) is 0 Å². The number of carbonyl (C=O) groups excluding carboxylic acids is 3. The van der Waals surface area contributed by atoms with Crippen molar-refractivity contribution >= 4 is 29.7 Å². The predicted octanol–water partition coefficient (Wildman–Crippen LogP) is -0.712. The van der Waals surface area contributed by atoms with Gasteiger partial charge in [0.25, 0.3) is 0 Å². The highest BCUT2D eigenvalue weighted by Gasteiger charge is 2.32. The Bertz CT molecular complexity index is 1140. The molecule has 14 nitrogen and oxygen atoms in total. The second kappa shape index (κ2) is 14.5. The van der Waals surface area contributed by atoms with Crippen LogP contribution in [0, 0.1) is 5.92 Å². The van der Waals surface area contributed by atoms with Crippen LogP contribution in [0.4, 0.5) is 0 Å². The van der Waals surface area contributed by atoms with E-state index in [0.29, 0.717) is 17.7 Å². The fourth-order valence-electron chi connectivity index (χ4n) is 3.60. The highest BCUT2D eigenvalue weighted by Crippen LogP contribution is 2.13. The number of carboxylic acid groups (broad SMARTS) is 2. The number of phenolic OH excluding ortho intramolecular Hbond substituents is 1. The van der Waals surface area contributed by atoms with Gasteiger partial charge in [-0.25, -0.2) is 9.78 Å². The molecular weight excluding hydrogens is 512 g/mol. The number of aromatic hydroxyl groups is 1. The maximum atomic E-state index is 13.3. The number of aliphatic carboxylic acids is 2. The smallest absolute Gasteiger partial charge is 0.326 e. The molecule has 0 spiro atoms. The van der Waals surface area contributed by atoms with Crippen LogP contribution in [0.1, 0.15) is 37.9 Å². The third-order valence-corrected chi connectivity index (χ3v) is 6.17. The quantitative estimate of drug-likeness (QED) is 0.140. The molecule has 9 N–H and O–H groups in total. The van der Waals surface area contributed by atoms with Crippen molar-refractivity contribution in [3.8, 4) is 5.75 Å². The lowest BCUT2D eigenvalue weighted by molar-refractivity contribution is -0.143. The normalized spacial score (nSPS) is 14.7. The monoisotopic (exact) mass is 546 g/mol. The molecule has 1 heterocycles. The van der Waals surface area contributed by atoms with E-state index in [1.165, 1.54) is 36.8 Å². The summed E-state index contributed by atoms with van der Waals surface area (Å²) in [6.45, 7) is 3.62. The van der Waals surface area contributed by atoms with Crippen molar-refractivity contribution in [2.75, 3.05) is 0 Å². The highest BCUT2D eigenvalue weighted by atomic mass is 16.4. The van der Waals surface area contributed by atoms with Gasteiger partial charge in [-0.05, 0) is 23.6 Å². The summed E-state index contributed by atoms with van der Waals surface area (Å²) >= 11 is 0. The molecule has 0 saturated carbocycles. The first-order valence-electron chi connectivity index (χ1n) is 12.3. The van der Waals surface area contributed by atoms with Crippen LogP contribution in [0.5, 0.6) is 5.75 Å². The number of nitrogens with zero attached hydrogens (tertiary/aromatic N) is 1. The summed E-state index contributed by atoms with van der Waals surface area (Å²) in [5, 5.41) is 35.5. The molecule has 1 aromatic carbocycles. The summed E-state index contributed by atoms with van der Waals surface area (Å²) in [6, 6.07) is 0.569. The number of phenols is 1. The topological polar surface area (TPSA) is 237 Å². The Hall–Kier alpha value is -4.46. The predicted molar refractivity (Wildman–Crippen MR) is 137 cm³/mol. The fourth-order valence-corrected chi connectivity index (χ4v) is 3.60. The fraction of sp³-hybridized carbons (Fsp3) is 0.440.